The molecule has 0 saturated heterocycles. The van der Waals surface area contributed by atoms with Crippen LogP contribution in [-0.2, 0) is 6.54 Å². The van der Waals surface area contributed by atoms with Gasteiger partial charge in [-0.15, -0.1) is 0 Å². The highest BCUT2D eigenvalue weighted by atomic mass is 16.1. The van der Waals surface area contributed by atoms with E-state index in [9.17, 15) is 4.79 Å². The van der Waals surface area contributed by atoms with Gasteiger partial charge < -0.3 is 15.5 Å². The smallest absolute Gasteiger partial charge is 0.274 e. The highest BCUT2D eigenvalue weighted by Gasteiger charge is 2.11. The quantitative estimate of drug-likeness (QED) is 0.700. The Kier molecular flexibility index (Phi) is 5.66. The zero-order chi connectivity index (χ0) is 19.2. The molecule has 3 rings (SSSR count). The maximum absolute atomic E-state index is 12.6. The van der Waals surface area contributed by atoms with Crippen LogP contribution in [0.1, 0.15) is 21.9 Å². The van der Waals surface area contributed by atoms with Gasteiger partial charge in [0, 0.05) is 38.1 Å². The van der Waals surface area contributed by atoms with Crippen LogP contribution in [0.3, 0.4) is 0 Å². The van der Waals surface area contributed by atoms with Crippen LogP contribution in [-0.4, -0.2) is 30.0 Å². The van der Waals surface area contributed by atoms with Gasteiger partial charge in [-0.3, -0.25) is 4.79 Å². The Morgan fingerprint density at radius 1 is 1.00 bits per heavy atom. The van der Waals surface area contributed by atoms with E-state index in [2.05, 4.69) is 20.6 Å². The van der Waals surface area contributed by atoms with Gasteiger partial charge in [-0.25, -0.2) is 9.97 Å². The number of amides is 1. The molecular formula is C21H23N5O. The van der Waals surface area contributed by atoms with Gasteiger partial charge in [-0.1, -0.05) is 30.3 Å². The molecule has 27 heavy (non-hydrogen) atoms. The number of rotatable bonds is 6. The number of aromatic nitrogens is 2. The highest BCUT2D eigenvalue weighted by Crippen LogP contribution is 2.17. The molecule has 0 saturated carbocycles. The molecule has 0 aliphatic rings. The molecule has 0 unspecified atom stereocenters. The van der Waals surface area contributed by atoms with Crippen molar-refractivity contribution < 1.29 is 4.79 Å². The Hall–Kier alpha value is -3.41. The fraction of sp³-hybridized carbons (Fsp3) is 0.190. The summed E-state index contributed by atoms with van der Waals surface area (Å²) in [6.07, 6.45) is 0. The van der Waals surface area contributed by atoms with Gasteiger partial charge in [-0.2, -0.15) is 0 Å². The summed E-state index contributed by atoms with van der Waals surface area (Å²) in [6.45, 7) is 2.40. The van der Waals surface area contributed by atoms with E-state index in [1.54, 1.807) is 13.0 Å². The fourth-order valence-corrected chi connectivity index (χ4v) is 2.60. The zero-order valence-corrected chi connectivity index (χ0v) is 15.7. The molecule has 0 radical (unpaired) electrons. The zero-order valence-electron chi connectivity index (χ0n) is 15.7. The van der Waals surface area contributed by atoms with E-state index in [4.69, 9.17) is 0 Å². The van der Waals surface area contributed by atoms with Crippen LogP contribution in [0.25, 0.3) is 0 Å². The van der Waals surface area contributed by atoms with Gasteiger partial charge in [0.25, 0.3) is 5.91 Å². The van der Waals surface area contributed by atoms with Gasteiger partial charge in [0.05, 0.1) is 0 Å². The molecule has 0 fully saturated rings. The Morgan fingerprint density at radius 3 is 2.37 bits per heavy atom. The second-order valence-corrected chi connectivity index (χ2v) is 6.42. The maximum Gasteiger partial charge on any atom is 0.274 e. The van der Waals surface area contributed by atoms with Gasteiger partial charge in [0.1, 0.15) is 17.3 Å². The Morgan fingerprint density at radius 2 is 1.70 bits per heavy atom. The second kappa shape index (κ2) is 8.31. The topological polar surface area (TPSA) is 70.2 Å². The largest absolute Gasteiger partial charge is 0.378 e. The summed E-state index contributed by atoms with van der Waals surface area (Å²) in [6, 6.07) is 19.3. The molecule has 1 aromatic heterocycles. The number of nitrogens with zero attached hydrogens (tertiary/aromatic N) is 3. The van der Waals surface area contributed by atoms with Crippen LogP contribution in [0.4, 0.5) is 17.2 Å². The average Bonchev–Trinajstić information content (AvgIpc) is 2.67. The molecule has 0 aliphatic heterocycles. The van der Waals surface area contributed by atoms with Crippen molar-refractivity contribution in [3.05, 3.63) is 77.7 Å². The van der Waals surface area contributed by atoms with Crippen molar-refractivity contribution in [2.75, 3.05) is 29.6 Å². The summed E-state index contributed by atoms with van der Waals surface area (Å²) in [5.41, 5.74) is 3.26. The first-order chi connectivity index (χ1) is 13.0. The first-order valence-corrected chi connectivity index (χ1v) is 8.73. The molecule has 1 amide bonds. The average molecular weight is 361 g/mol. The Bertz CT molecular complexity index is 908. The number of carbonyl (C=O) groups excluding carboxylic acids is 1. The van der Waals surface area contributed by atoms with E-state index in [-0.39, 0.29) is 5.91 Å². The van der Waals surface area contributed by atoms with Gasteiger partial charge in [-0.05, 0) is 36.8 Å². The van der Waals surface area contributed by atoms with Crippen molar-refractivity contribution in [3.63, 3.8) is 0 Å². The van der Waals surface area contributed by atoms with Gasteiger partial charge >= 0.3 is 0 Å². The minimum absolute atomic E-state index is 0.263. The Balaban J connectivity index is 1.69. The summed E-state index contributed by atoms with van der Waals surface area (Å²) < 4.78 is 0. The normalized spacial score (nSPS) is 10.3. The molecule has 138 valence electrons. The van der Waals surface area contributed by atoms with Crippen LogP contribution >= 0.6 is 0 Å². The molecule has 0 aliphatic carbocycles. The number of benzene rings is 2. The van der Waals surface area contributed by atoms with Crippen LogP contribution in [0.2, 0.25) is 0 Å². The summed E-state index contributed by atoms with van der Waals surface area (Å²) in [5.74, 6) is 0.904. The lowest BCUT2D eigenvalue weighted by molar-refractivity contribution is 0.102. The third-order valence-electron chi connectivity index (χ3n) is 4.03. The lowest BCUT2D eigenvalue weighted by Gasteiger charge is -2.13. The summed E-state index contributed by atoms with van der Waals surface area (Å²) >= 11 is 0. The highest BCUT2D eigenvalue weighted by molar-refractivity contribution is 6.03. The second-order valence-electron chi connectivity index (χ2n) is 6.42. The van der Waals surface area contributed by atoms with Crippen molar-refractivity contribution in [1.82, 2.24) is 9.97 Å². The number of aryl methyl sites for hydroxylation is 1. The van der Waals surface area contributed by atoms with Crippen molar-refractivity contribution in [3.8, 4) is 0 Å². The monoisotopic (exact) mass is 361 g/mol. The van der Waals surface area contributed by atoms with Gasteiger partial charge in [0.15, 0.2) is 0 Å². The molecule has 0 atom stereocenters. The first kappa shape index (κ1) is 18.4. The number of nitrogens with one attached hydrogen (secondary N) is 2. The predicted molar refractivity (Wildman–Crippen MR) is 109 cm³/mol. The molecule has 6 nitrogen and oxygen atoms in total. The van der Waals surface area contributed by atoms with Crippen LogP contribution < -0.4 is 15.5 Å². The molecule has 0 spiro atoms. The summed E-state index contributed by atoms with van der Waals surface area (Å²) in [5, 5.41) is 6.12. The third kappa shape index (κ3) is 5.04. The molecular weight excluding hydrogens is 338 g/mol. The van der Waals surface area contributed by atoms with Crippen molar-refractivity contribution >= 4 is 23.1 Å². The van der Waals surface area contributed by atoms with E-state index in [0.29, 0.717) is 23.9 Å². The lowest BCUT2D eigenvalue weighted by Crippen LogP contribution is -2.16. The molecule has 3 aromatic rings. The minimum atomic E-state index is -0.263. The molecule has 0 bridgehead atoms. The van der Waals surface area contributed by atoms with E-state index >= 15 is 0 Å². The van der Waals surface area contributed by atoms with Crippen LogP contribution in [0.15, 0.2) is 60.7 Å². The van der Waals surface area contributed by atoms with Crippen molar-refractivity contribution in [2.45, 2.75) is 13.5 Å². The summed E-state index contributed by atoms with van der Waals surface area (Å²) in [4.78, 5) is 23.2. The number of hydrogen-bond acceptors (Lipinski definition) is 5. The van der Waals surface area contributed by atoms with Gasteiger partial charge in [0.2, 0.25) is 0 Å². The van der Waals surface area contributed by atoms with Crippen LogP contribution in [0.5, 0.6) is 0 Å². The third-order valence-corrected chi connectivity index (χ3v) is 4.03. The predicted octanol–water partition coefficient (Wildman–Crippen LogP) is 3.72. The first-order valence-electron chi connectivity index (χ1n) is 8.73. The molecule has 6 heteroatoms. The minimum Gasteiger partial charge on any atom is -0.378 e. The Labute approximate surface area is 159 Å². The van der Waals surface area contributed by atoms with E-state index in [0.717, 1.165) is 16.9 Å². The molecule has 2 aromatic carbocycles. The standard InChI is InChI=1S/C21H23N5O/c1-15-23-19(13-20(24-15)22-14-16-7-5-4-6-8-16)21(27)25-17-9-11-18(12-10-17)26(2)3/h4-13H,14H2,1-3H3,(H,25,27)(H,22,23,24). The summed E-state index contributed by atoms with van der Waals surface area (Å²) in [7, 11) is 3.95. The van der Waals surface area contributed by atoms with E-state index < -0.39 is 0 Å². The van der Waals surface area contributed by atoms with Crippen molar-refractivity contribution in [2.24, 2.45) is 0 Å². The number of carbonyl (C=O) groups is 1. The van der Waals surface area contributed by atoms with Crippen molar-refractivity contribution in [1.29, 1.82) is 0 Å². The maximum atomic E-state index is 12.6. The molecule has 1 heterocycles. The van der Waals surface area contributed by atoms with E-state index in [1.165, 1.54) is 0 Å². The van der Waals surface area contributed by atoms with E-state index in [1.807, 2.05) is 73.6 Å². The number of anilines is 3. The van der Waals surface area contributed by atoms with Crippen LogP contribution in [0, 0.1) is 6.92 Å². The molecule has 2 N–H and O–H groups in total. The SMILES string of the molecule is Cc1nc(NCc2ccccc2)cc(C(=O)Nc2ccc(N(C)C)cc2)n1. The fourth-order valence-electron chi connectivity index (χ4n) is 2.60. The lowest BCUT2D eigenvalue weighted by atomic mass is 10.2. The number of hydrogen-bond donors (Lipinski definition) is 2.